The Kier molecular flexibility index (Phi) is 3.46. The third-order valence-electron chi connectivity index (χ3n) is 3.57. The van der Waals surface area contributed by atoms with Crippen molar-refractivity contribution in [3.63, 3.8) is 0 Å². The molecule has 2 saturated heterocycles. The Morgan fingerprint density at radius 1 is 1.00 bits per heavy atom. The Morgan fingerprint density at radius 3 is 2.33 bits per heavy atom. The Bertz CT molecular complexity index is 226. The first-order valence-corrected chi connectivity index (χ1v) is 6.09. The van der Waals surface area contributed by atoms with Crippen LogP contribution in [0.15, 0.2) is 0 Å². The van der Waals surface area contributed by atoms with Crippen LogP contribution >= 0.6 is 0 Å². The van der Waals surface area contributed by atoms with E-state index in [2.05, 4.69) is 4.90 Å². The molecule has 1 unspecified atom stereocenters. The van der Waals surface area contributed by atoms with Crippen molar-refractivity contribution >= 4 is 6.03 Å². The molecule has 2 N–H and O–H groups in total. The van der Waals surface area contributed by atoms with Gasteiger partial charge in [-0.15, -0.1) is 0 Å². The van der Waals surface area contributed by atoms with E-state index in [-0.39, 0.29) is 12.2 Å². The fraction of sp³-hybridized carbons (Fsp3) is 0.909. The normalized spacial score (nSPS) is 29.1. The maximum atomic E-state index is 11.3. The van der Waals surface area contributed by atoms with Gasteiger partial charge in [-0.25, -0.2) is 4.79 Å². The van der Waals surface area contributed by atoms with Crippen LogP contribution in [-0.4, -0.2) is 41.6 Å². The lowest BCUT2D eigenvalue weighted by Crippen LogP contribution is -2.56. The van der Waals surface area contributed by atoms with Gasteiger partial charge in [-0.3, -0.25) is 4.90 Å². The van der Waals surface area contributed by atoms with Crippen LogP contribution in [0, 0.1) is 0 Å². The highest BCUT2D eigenvalue weighted by molar-refractivity contribution is 5.72. The lowest BCUT2D eigenvalue weighted by molar-refractivity contribution is 0.0298. The van der Waals surface area contributed by atoms with E-state index < -0.39 is 0 Å². The maximum absolute atomic E-state index is 11.3. The molecule has 86 valence electrons. The quantitative estimate of drug-likeness (QED) is 0.712. The standard InChI is InChI=1S/C11H21N3O/c12-11(15)14-9-5-2-6-10(14)13-7-3-1-4-8-13/h10H,1-9H2,(H2,12,15). The summed E-state index contributed by atoms with van der Waals surface area (Å²) >= 11 is 0. The number of carbonyl (C=O) groups is 1. The van der Waals surface area contributed by atoms with Crippen molar-refractivity contribution in [2.75, 3.05) is 19.6 Å². The molecule has 4 heteroatoms. The summed E-state index contributed by atoms with van der Waals surface area (Å²) in [4.78, 5) is 15.6. The predicted octanol–water partition coefficient (Wildman–Crippen LogP) is 1.36. The van der Waals surface area contributed by atoms with Gasteiger partial charge in [-0.1, -0.05) is 6.42 Å². The molecule has 0 radical (unpaired) electrons. The lowest BCUT2D eigenvalue weighted by atomic mass is 10.0. The molecule has 1 atom stereocenters. The van der Waals surface area contributed by atoms with Gasteiger partial charge in [0, 0.05) is 19.6 Å². The van der Waals surface area contributed by atoms with Crippen molar-refractivity contribution < 1.29 is 4.79 Å². The summed E-state index contributed by atoms with van der Waals surface area (Å²) in [6.07, 6.45) is 7.59. The van der Waals surface area contributed by atoms with Crippen molar-refractivity contribution in [1.29, 1.82) is 0 Å². The van der Waals surface area contributed by atoms with Crippen LogP contribution in [0.3, 0.4) is 0 Å². The van der Waals surface area contributed by atoms with Gasteiger partial charge in [0.25, 0.3) is 0 Å². The second kappa shape index (κ2) is 4.84. The highest BCUT2D eigenvalue weighted by Gasteiger charge is 2.30. The number of nitrogens with two attached hydrogens (primary N) is 1. The van der Waals surface area contributed by atoms with Gasteiger partial charge in [-0.05, 0) is 32.1 Å². The molecule has 2 aliphatic rings. The van der Waals surface area contributed by atoms with Crippen molar-refractivity contribution in [1.82, 2.24) is 9.80 Å². The number of rotatable bonds is 1. The predicted molar refractivity (Wildman–Crippen MR) is 59.4 cm³/mol. The molecule has 2 fully saturated rings. The van der Waals surface area contributed by atoms with Crippen molar-refractivity contribution in [2.24, 2.45) is 5.73 Å². The van der Waals surface area contributed by atoms with E-state index in [1.54, 1.807) is 0 Å². The minimum Gasteiger partial charge on any atom is -0.351 e. The van der Waals surface area contributed by atoms with Crippen LogP contribution in [0.1, 0.15) is 38.5 Å². The number of nitrogens with zero attached hydrogens (tertiary/aromatic N) is 2. The number of piperidine rings is 2. The van der Waals surface area contributed by atoms with E-state index in [0.29, 0.717) is 0 Å². The summed E-state index contributed by atoms with van der Waals surface area (Å²) in [5.41, 5.74) is 5.42. The molecule has 0 spiro atoms. The highest BCUT2D eigenvalue weighted by atomic mass is 16.2. The average Bonchev–Trinajstić information content (AvgIpc) is 2.30. The van der Waals surface area contributed by atoms with Crippen molar-refractivity contribution in [2.45, 2.75) is 44.7 Å². The average molecular weight is 211 g/mol. The zero-order chi connectivity index (χ0) is 10.7. The van der Waals surface area contributed by atoms with Crippen LogP contribution in [0.2, 0.25) is 0 Å². The van der Waals surface area contributed by atoms with Gasteiger partial charge in [0.15, 0.2) is 0 Å². The number of primary amides is 1. The molecule has 15 heavy (non-hydrogen) atoms. The fourth-order valence-electron chi connectivity index (χ4n) is 2.77. The third kappa shape index (κ3) is 2.43. The van der Waals surface area contributed by atoms with Gasteiger partial charge < -0.3 is 10.6 Å². The van der Waals surface area contributed by atoms with Crippen LogP contribution in [0.25, 0.3) is 0 Å². The molecule has 0 aliphatic carbocycles. The topological polar surface area (TPSA) is 49.6 Å². The molecule has 0 aromatic heterocycles. The summed E-state index contributed by atoms with van der Waals surface area (Å²) in [7, 11) is 0. The molecule has 2 heterocycles. The van der Waals surface area contributed by atoms with E-state index in [9.17, 15) is 4.79 Å². The van der Waals surface area contributed by atoms with E-state index in [1.807, 2.05) is 4.90 Å². The molecule has 0 aromatic rings. The molecule has 2 rings (SSSR count). The summed E-state index contributed by atoms with van der Waals surface area (Å²) in [5.74, 6) is 0. The number of carbonyl (C=O) groups excluding carboxylic acids is 1. The van der Waals surface area contributed by atoms with E-state index in [0.717, 1.165) is 32.5 Å². The van der Waals surface area contributed by atoms with Crippen LogP contribution < -0.4 is 5.73 Å². The molecule has 2 amide bonds. The Hall–Kier alpha value is -0.770. The first-order valence-electron chi connectivity index (χ1n) is 6.09. The second-order valence-electron chi connectivity index (χ2n) is 4.60. The van der Waals surface area contributed by atoms with Gasteiger partial charge in [-0.2, -0.15) is 0 Å². The van der Waals surface area contributed by atoms with Crippen molar-refractivity contribution in [3.8, 4) is 0 Å². The summed E-state index contributed by atoms with van der Waals surface area (Å²) in [6.45, 7) is 3.11. The first-order chi connectivity index (χ1) is 7.29. The number of amides is 2. The Balaban J connectivity index is 1.99. The number of hydrogen-bond acceptors (Lipinski definition) is 2. The van der Waals surface area contributed by atoms with Gasteiger partial charge >= 0.3 is 6.03 Å². The highest BCUT2D eigenvalue weighted by Crippen LogP contribution is 2.23. The molecule has 0 aromatic carbocycles. The number of likely N-dealkylation sites (tertiary alicyclic amines) is 2. The van der Waals surface area contributed by atoms with Gasteiger partial charge in [0.1, 0.15) is 0 Å². The summed E-state index contributed by atoms with van der Waals surface area (Å²) in [5, 5.41) is 0. The molecular weight excluding hydrogens is 190 g/mol. The Labute approximate surface area is 91.4 Å². The van der Waals surface area contributed by atoms with Crippen molar-refractivity contribution in [3.05, 3.63) is 0 Å². The number of urea groups is 1. The molecular formula is C11H21N3O. The summed E-state index contributed by atoms with van der Waals surface area (Å²) < 4.78 is 0. The molecule has 2 aliphatic heterocycles. The molecule has 4 nitrogen and oxygen atoms in total. The summed E-state index contributed by atoms with van der Waals surface area (Å²) in [6, 6.07) is -0.245. The largest absolute Gasteiger partial charge is 0.351 e. The SMILES string of the molecule is NC(=O)N1CCCCC1N1CCCCC1. The monoisotopic (exact) mass is 211 g/mol. The van der Waals surface area contributed by atoms with E-state index in [1.165, 1.54) is 25.7 Å². The van der Waals surface area contributed by atoms with Crippen LogP contribution in [0.5, 0.6) is 0 Å². The zero-order valence-corrected chi connectivity index (χ0v) is 9.32. The smallest absolute Gasteiger partial charge is 0.316 e. The number of hydrogen-bond donors (Lipinski definition) is 1. The fourth-order valence-corrected chi connectivity index (χ4v) is 2.77. The van der Waals surface area contributed by atoms with E-state index in [4.69, 9.17) is 5.73 Å². The minimum atomic E-state index is -0.245. The second-order valence-corrected chi connectivity index (χ2v) is 4.60. The van der Waals surface area contributed by atoms with E-state index >= 15 is 0 Å². The Morgan fingerprint density at radius 2 is 1.67 bits per heavy atom. The minimum absolute atomic E-state index is 0.245. The lowest BCUT2D eigenvalue weighted by Gasteiger charge is -2.43. The van der Waals surface area contributed by atoms with Crippen LogP contribution in [-0.2, 0) is 0 Å². The molecule has 0 saturated carbocycles. The zero-order valence-electron chi connectivity index (χ0n) is 9.32. The van der Waals surface area contributed by atoms with Gasteiger partial charge in [0.05, 0.1) is 6.17 Å². The van der Waals surface area contributed by atoms with Crippen LogP contribution in [0.4, 0.5) is 4.79 Å². The molecule has 0 bridgehead atoms. The van der Waals surface area contributed by atoms with Gasteiger partial charge in [0.2, 0.25) is 0 Å². The maximum Gasteiger partial charge on any atom is 0.316 e. The third-order valence-corrected chi connectivity index (χ3v) is 3.57. The first kappa shape index (κ1) is 10.7.